The Bertz CT molecular complexity index is 413. The number of primary amides is 1. The van der Waals surface area contributed by atoms with Crippen LogP contribution >= 0.6 is 0 Å². The lowest BCUT2D eigenvalue weighted by atomic mass is 9.93. The number of nitro groups is 1. The highest BCUT2D eigenvalue weighted by atomic mass is 16.6. The van der Waals surface area contributed by atoms with Gasteiger partial charge in [0.2, 0.25) is 5.91 Å². The number of nitrogens with zero attached hydrogens (tertiary/aromatic N) is 2. The Labute approximate surface area is 91.5 Å². The molecule has 1 amide bonds. The van der Waals surface area contributed by atoms with E-state index in [1.54, 1.807) is 4.90 Å². The highest BCUT2D eigenvalue weighted by Gasteiger charge is 2.48. The molecule has 4 N–H and O–H groups in total. The summed E-state index contributed by atoms with van der Waals surface area (Å²) in [5, 5.41) is 10.9. The van der Waals surface area contributed by atoms with Crippen LogP contribution < -0.4 is 11.5 Å². The summed E-state index contributed by atoms with van der Waals surface area (Å²) in [7, 11) is 0. The minimum absolute atomic E-state index is 0.351. The summed E-state index contributed by atoms with van der Waals surface area (Å²) in [6, 6.07) is 0. The molecule has 0 spiro atoms. The second-order valence-corrected chi connectivity index (χ2v) is 3.91. The van der Waals surface area contributed by atoms with Crippen LogP contribution in [-0.4, -0.2) is 34.5 Å². The maximum atomic E-state index is 11.0. The molecular weight excluding hydrogens is 212 g/mol. The van der Waals surface area contributed by atoms with Crippen LogP contribution in [0, 0.1) is 16.0 Å². The first-order valence-corrected chi connectivity index (χ1v) is 4.84. The predicted octanol–water partition coefficient (Wildman–Crippen LogP) is -1.21. The summed E-state index contributed by atoms with van der Waals surface area (Å²) in [6.45, 7) is 1.44. The third-order valence-corrected chi connectivity index (χ3v) is 2.72. The Balaban J connectivity index is 2.37. The number of carbonyl (C=O) groups excluding carboxylic acids is 1. The van der Waals surface area contributed by atoms with Crippen molar-refractivity contribution in [1.29, 1.82) is 0 Å². The van der Waals surface area contributed by atoms with Crippen molar-refractivity contribution in [2.24, 2.45) is 17.4 Å². The van der Waals surface area contributed by atoms with Gasteiger partial charge in [-0.15, -0.1) is 0 Å². The monoisotopic (exact) mass is 224 g/mol. The number of hydrogen-bond acceptors (Lipinski definition) is 5. The van der Waals surface area contributed by atoms with Gasteiger partial charge in [0, 0.05) is 19.2 Å². The molecule has 7 heteroatoms. The second-order valence-electron chi connectivity index (χ2n) is 3.91. The SMILES string of the molecule is NC(=O)C1C=CC(N)([N+](=O)[O-])C(N2CC2)=C1. The molecule has 1 heterocycles. The summed E-state index contributed by atoms with van der Waals surface area (Å²) < 4.78 is 0. The Morgan fingerprint density at radius 3 is 2.69 bits per heavy atom. The number of carbonyl (C=O) groups is 1. The van der Waals surface area contributed by atoms with E-state index < -0.39 is 22.4 Å². The highest BCUT2D eigenvalue weighted by molar-refractivity contribution is 5.81. The van der Waals surface area contributed by atoms with Crippen LogP contribution in [0.2, 0.25) is 0 Å². The fourth-order valence-electron chi connectivity index (χ4n) is 1.68. The summed E-state index contributed by atoms with van der Waals surface area (Å²) in [5.41, 5.74) is 9.47. The van der Waals surface area contributed by atoms with Gasteiger partial charge in [-0.1, -0.05) is 6.08 Å². The van der Waals surface area contributed by atoms with Gasteiger partial charge in [0.05, 0.1) is 10.8 Å². The average molecular weight is 224 g/mol. The maximum absolute atomic E-state index is 11.0. The fourth-order valence-corrected chi connectivity index (χ4v) is 1.68. The normalized spacial score (nSPS) is 32.2. The number of nitrogens with two attached hydrogens (primary N) is 2. The smallest absolute Gasteiger partial charge is 0.331 e. The Morgan fingerprint density at radius 1 is 1.62 bits per heavy atom. The van der Waals surface area contributed by atoms with E-state index in [9.17, 15) is 14.9 Å². The minimum Gasteiger partial charge on any atom is -0.369 e. The van der Waals surface area contributed by atoms with Gasteiger partial charge in [-0.2, -0.15) is 0 Å². The van der Waals surface area contributed by atoms with Gasteiger partial charge in [-0.3, -0.25) is 20.6 Å². The van der Waals surface area contributed by atoms with Crippen molar-refractivity contribution in [3.63, 3.8) is 0 Å². The lowest BCUT2D eigenvalue weighted by Gasteiger charge is -2.25. The first kappa shape index (κ1) is 10.6. The van der Waals surface area contributed by atoms with E-state index in [2.05, 4.69) is 0 Å². The van der Waals surface area contributed by atoms with Crippen molar-refractivity contribution >= 4 is 5.91 Å². The van der Waals surface area contributed by atoms with Gasteiger partial charge >= 0.3 is 5.66 Å². The average Bonchev–Trinajstić information content (AvgIpc) is 3.01. The molecule has 0 aromatic heterocycles. The van der Waals surface area contributed by atoms with Crippen LogP contribution in [0.3, 0.4) is 0 Å². The molecular formula is C9H12N4O3. The second kappa shape index (κ2) is 3.31. The standard InChI is InChI=1S/C9H12N4O3/c10-8(14)6-1-2-9(11,13(15)16)7(5-6)12-3-4-12/h1-2,5-6H,3-4,11H2,(H2,10,14). The molecule has 0 aromatic carbocycles. The van der Waals surface area contributed by atoms with Gasteiger partial charge in [0.15, 0.2) is 0 Å². The van der Waals surface area contributed by atoms with E-state index in [-0.39, 0.29) is 0 Å². The van der Waals surface area contributed by atoms with E-state index in [1.807, 2.05) is 0 Å². The third kappa shape index (κ3) is 1.54. The van der Waals surface area contributed by atoms with Gasteiger partial charge < -0.3 is 10.6 Å². The Kier molecular flexibility index (Phi) is 2.20. The van der Waals surface area contributed by atoms with Crippen molar-refractivity contribution in [1.82, 2.24) is 4.90 Å². The first-order chi connectivity index (χ1) is 7.45. The maximum Gasteiger partial charge on any atom is 0.331 e. The van der Waals surface area contributed by atoms with Crippen LogP contribution in [0.15, 0.2) is 23.9 Å². The molecule has 2 rings (SSSR count). The zero-order chi connectivity index (χ0) is 11.9. The van der Waals surface area contributed by atoms with Gasteiger partial charge in [0.25, 0.3) is 0 Å². The molecule has 0 radical (unpaired) electrons. The van der Waals surface area contributed by atoms with Crippen molar-refractivity contribution in [2.75, 3.05) is 13.1 Å². The topological polar surface area (TPSA) is 115 Å². The summed E-state index contributed by atoms with van der Waals surface area (Å²) >= 11 is 0. The van der Waals surface area contributed by atoms with E-state index >= 15 is 0 Å². The lowest BCUT2D eigenvalue weighted by Crippen LogP contribution is -2.51. The lowest BCUT2D eigenvalue weighted by molar-refractivity contribution is -0.544. The molecule has 0 aromatic rings. The molecule has 7 nitrogen and oxygen atoms in total. The molecule has 2 atom stereocenters. The molecule has 0 bridgehead atoms. The Morgan fingerprint density at radius 2 is 2.25 bits per heavy atom. The van der Waals surface area contributed by atoms with E-state index in [4.69, 9.17) is 11.5 Å². The van der Waals surface area contributed by atoms with Crippen LogP contribution in [0.25, 0.3) is 0 Å². The molecule has 1 fully saturated rings. The number of rotatable bonds is 3. The molecule has 1 aliphatic carbocycles. The van der Waals surface area contributed by atoms with Crippen LogP contribution in [0.1, 0.15) is 0 Å². The number of amides is 1. The van der Waals surface area contributed by atoms with Gasteiger partial charge in [0.1, 0.15) is 5.70 Å². The van der Waals surface area contributed by atoms with Crippen molar-refractivity contribution < 1.29 is 9.72 Å². The summed E-state index contributed by atoms with van der Waals surface area (Å²) in [4.78, 5) is 23.1. The van der Waals surface area contributed by atoms with Crippen LogP contribution in [0.5, 0.6) is 0 Å². The zero-order valence-corrected chi connectivity index (χ0v) is 8.50. The molecule has 2 unspecified atom stereocenters. The quantitative estimate of drug-likeness (QED) is 0.205. The highest BCUT2D eigenvalue weighted by Crippen LogP contribution is 2.31. The van der Waals surface area contributed by atoms with E-state index in [0.717, 1.165) is 13.1 Å². The van der Waals surface area contributed by atoms with E-state index in [0.29, 0.717) is 5.70 Å². The van der Waals surface area contributed by atoms with Gasteiger partial charge in [-0.25, -0.2) is 0 Å². The summed E-state index contributed by atoms with van der Waals surface area (Å²) in [5.74, 6) is -1.16. The first-order valence-electron chi connectivity index (χ1n) is 4.84. The van der Waals surface area contributed by atoms with Crippen molar-refractivity contribution in [3.05, 3.63) is 34.0 Å². The molecule has 0 saturated carbocycles. The fraction of sp³-hybridized carbons (Fsp3) is 0.444. The Hall–Kier alpha value is -1.89. The molecule has 1 aliphatic heterocycles. The van der Waals surface area contributed by atoms with Crippen molar-refractivity contribution in [2.45, 2.75) is 5.66 Å². The summed E-state index contributed by atoms with van der Waals surface area (Å²) in [6.07, 6.45) is 4.08. The minimum atomic E-state index is -1.73. The van der Waals surface area contributed by atoms with Crippen LogP contribution in [-0.2, 0) is 4.79 Å². The zero-order valence-electron chi connectivity index (χ0n) is 8.50. The molecule has 16 heavy (non-hydrogen) atoms. The largest absolute Gasteiger partial charge is 0.369 e. The van der Waals surface area contributed by atoms with Crippen LogP contribution in [0.4, 0.5) is 0 Å². The van der Waals surface area contributed by atoms with Crippen molar-refractivity contribution in [3.8, 4) is 0 Å². The molecule has 1 saturated heterocycles. The van der Waals surface area contributed by atoms with E-state index in [1.165, 1.54) is 18.2 Å². The van der Waals surface area contributed by atoms with Gasteiger partial charge in [-0.05, 0) is 6.08 Å². The number of hydrogen-bond donors (Lipinski definition) is 2. The third-order valence-electron chi connectivity index (χ3n) is 2.72. The predicted molar refractivity (Wildman–Crippen MR) is 55.4 cm³/mol. The molecule has 86 valence electrons. The molecule has 2 aliphatic rings.